The van der Waals surface area contributed by atoms with Crippen molar-refractivity contribution in [3.63, 3.8) is 0 Å². The fourth-order valence-electron chi connectivity index (χ4n) is 1.45. The van der Waals surface area contributed by atoms with Crippen LogP contribution in [0.5, 0.6) is 0 Å². The predicted octanol–water partition coefficient (Wildman–Crippen LogP) is 1.14. The van der Waals surface area contributed by atoms with E-state index in [4.69, 9.17) is 5.73 Å². The third-order valence-corrected chi connectivity index (χ3v) is 2.32. The summed E-state index contributed by atoms with van der Waals surface area (Å²) in [6.45, 7) is 3.54. The largest absolute Gasteiger partial charge is 0.330 e. The molecule has 1 aromatic heterocycles. The average Bonchev–Trinajstić information content (AvgIpc) is 2.66. The predicted molar refractivity (Wildman–Crippen MR) is 59.5 cm³/mol. The Morgan fingerprint density at radius 1 is 1.53 bits per heavy atom. The van der Waals surface area contributed by atoms with E-state index in [9.17, 15) is 4.79 Å². The molecule has 0 aliphatic carbocycles. The number of aromatic nitrogens is 2. The zero-order chi connectivity index (χ0) is 11.1. The molecule has 0 spiro atoms. The molecule has 0 unspecified atom stereocenters. The molecular weight excluding hydrogens is 190 g/mol. The van der Waals surface area contributed by atoms with Gasteiger partial charge in [0.2, 0.25) is 0 Å². The lowest BCUT2D eigenvalue weighted by Gasteiger charge is -1.97. The van der Waals surface area contributed by atoms with Crippen molar-refractivity contribution in [2.45, 2.75) is 39.2 Å². The number of ketones is 1. The maximum absolute atomic E-state index is 11.5. The number of Topliss-reactive ketones (excluding diaryl/α,β-unsaturated/α-hetero) is 1. The first-order chi connectivity index (χ1) is 7.26. The minimum Gasteiger partial charge on any atom is -0.330 e. The number of rotatable bonds is 7. The van der Waals surface area contributed by atoms with Crippen molar-refractivity contribution in [2.24, 2.45) is 5.73 Å². The van der Waals surface area contributed by atoms with Crippen LogP contribution in [0.2, 0.25) is 0 Å². The molecule has 2 N–H and O–H groups in total. The molecule has 84 valence electrons. The van der Waals surface area contributed by atoms with Crippen molar-refractivity contribution < 1.29 is 4.79 Å². The molecule has 15 heavy (non-hydrogen) atoms. The second kappa shape index (κ2) is 6.35. The summed E-state index contributed by atoms with van der Waals surface area (Å²) in [6.07, 6.45) is 6.67. The first kappa shape index (κ1) is 11.9. The van der Waals surface area contributed by atoms with Crippen molar-refractivity contribution in [1.29, 1.82) is 0 Å². The lowest BCUT2D eigenvalue weighted by atomic mass is 10.1. The molecule has 0 amide bonds. The molecule has 1 rings (SSSR count). The highest BCUT2D eigenvalue weighted by Crippen LogP contribution is 2.04. The summed E-state index contributed by atoms with van der Waals surface area (Å²) in [5.74, 6) is 0.277. The zero-order valence-corrected chi connectivity index (χ0v) is 9.28. The van der Waals surface area contributed by atoms with Crippen LogP contribution in [0.4, 0.5) is 0 Å². The van der Waals surface area contributed by atoms with Gasteiger partial charge in [-0.25, -0.2) is 0 Å². The minimum absolute atomic E-state index is 0.277. The third-order valence-electron chi connectivity index (χ3n) is 2.32. The molecule has 1 heterocycles. The lowest BCUT2D eigenvalue weighted by Crippen LogP contribution is -2.04. The molecule has 1 aromatic rings. The van der Waals surface area contributed by atoms with Gasteiger partial charge in [0.05, 0.1) is 6.20 Å². The van der Waals surface area contributed by atoms with Gasteiger partial charge in [-0.2, -0.15) is 5.10 Å². The van der Waals surface area contributed by atoms with E-state index >= 15 is 0 Å². The fraction of sp³-hybridized carbons (Fsp3) is 0.636. The van der Waals surface area contributed by atoms with Crippen LogP contribution in [0.15, 0.2) is 12.4 Å². The van der Waals surface area contributed by atoms with E-state index in [1.807, 2.05) is 17.8 Å². The number of carbonyl (C=O) groups is 1. The number of aryl methyl sites for hydroxylation is 1. The first-order valence-corrected chi connectivity index (χ1v) is 5.49. The van der Waals surface area contributed by atoms with E-state index in [2.05, 4.69) is 5.10 Å². The second-order valence-electron chi connectivity index (χ2n) is 3.67. The molecule has 0 saturated carbocycles. The van der Waals surface area contributed by atoms with E-state index in [1.165, 1.54) is 0 Å². The fourth-order valence-corrected chi connectivity index (χ4v) is 1.45. The number of carbonyl (C=O) groups excluding carboxylic acids is 1. The van der Waals surface area contributed by atoms with Gasteiger partial charge in [-0.1, -0.05) is 0 Å². The van der Waals surface area contributed by atoms with E-state index in [-0.39, 0.29) is 5.78 Å². The summed E-state index contributed by atoms with van der Waals surface area (Å²) in [4.78, 5) is 11.5. The average molecular weight is 209 g/mol. The number of nitrogens with zero attached hydrogens (tertiary/aromatic N) is 2. The zero-order valence-electron chi connectivity index (χ0n) is 9.28. The molecule has 4 nitrogen and oxygen atoms in total. The van der Waals surface area contributed by atoms with Crippen LogP contribution in [0.1, 0.15) is 31.7 Å². The smallest absolute Gasteiger partial charge is 0.137 e. The Morgan fingerprint density at radius 3 is 2.93 bits per heavy atom. The third kappa shape index (κ3) is 4.25. The quantitative estimate of drug-likeness (QED) is 0.685. The molecule has 0 aliphatic heterocycles. The van der Waals surface area contributed by atoms with Crippen LogP contribution in [-0.4, -0.2) is 22.1 Å². The van der Waals surface area contributed by atoms with Gasteiger partial charge >= 0.3 is 0 Å². The van der Waals surface area contributed by atoms with Crippen LogP contribution >= 0.6 is 0 Å². The van der Waals surface area contributed by atoms with Crippen LogP contribution < -0.4 is 5.73 Å². The first-order valence-electron chi connectivity index (χ1n) is 5.49. The summed E-state index contributed by atoms with van der Waals surface area (Å²) < 4.78 is 1.84. The molecule has 0 aromatic carbocycles. The van der Waals surface area contributed by atoms with Crippen molar-refractivity contribution in [3.05, 3.63) is 18.0 Å². The van der Waals surface area contributed by atoms with Crippen LogP contribution in [-0.2, 0) is 17.8 Å². The van der Waals surface area contributed by atoms with Gasteiger partial charge in [-0.15, -0.1) is 0 Å². The van der Waals surface area contributed by atoms with Crippen LogP contribution in [0.25, 0.3) is 0 Å². The van der Waals surface area contributed by atoms with E-state index in [1.54, 1.807) is 6.20 Å². The Kier molecular flexibility index (Phi) is 5.04. The lowest BCUT2D eigenvalue weighted by molar-refractivity contribution is -0.118. The van der Waals surface area contributed by atoms with Crippen LogP contribution in [0, 0.1) is 0 Å². The van der Waals surface area contributed by atoms with Gasteiger partial charge in [-0.3, -0.25) is 9.48 Å². The van der Waals surface area contributed by atoms with Gasteiger partial charge in [0.25, 0.3) is 0 Å². The molecule has 0 saturated heterocycles. The highest BCUT2D eigenvalue weighted by Gasteiger charge is 2.05. The number of nitrogens with two attached hydrogens (primary N) is 1. The summed E-state index contributed by atoms with van der Waals surface area (Å²) in [6, 6.07) is 0. The Balaban J connectivity index is 2.31. The van der Waals surface area contributed by atoms with Gasteiger partial charge in [0, 0.05) is 25.6 Å². The Morgan fingerprint density at radius 2 is 2.33 bits per heavy atom. The van der Waals surface area contributed by atoms with E-state index in [0.29, 0.717) is 19.4 Å². The van der Waals surface area contributed by atoms with E-state index in [0.717, 1.165) is 24.9 Å². The molecule has 0 bridgehead atoms. The molecular formula is C11H19N3O. The van der Waals surface area contributed by atoms with E-state index < -0.39 is 0 Å². The maximum Gasteiger partial charge on any atom is 0.137 e. The van der Waals surface area contributed by atoms with Crippen molar-refractivity contribution >= 4 is 5.78 Å². The Hall–Kier alpha value is -1.16. The summed E-state index contributed by atoms with van der Waals surface area (Å²) in [7, 11) is 0. The minimum atomic E-state index is 0.277. The van der Waals surface area contributed by atoms with Crippen LogP contribution in [0.3, 0.4) is 0 Å². The Bertz CT molecular complexity index is 307. The monoisotopic (exact) mass is 209 g/mol. The topological polar surface area (TPSA) is 60.9 Å². The maximum atomic E-state index is 11.5. The normalized spacial score (nSPS) is 10.5. The SMILES string of the molecule is CCn1cc(CC(=O)CCCCN)cn1. The standard InChI is InChI=1S/C11H19N3O/c1-2-14-9-10(8-13-14)7-11(15)5-3-4-6-12/h8-9H,2-7,12H2,1H3. The molecule has 0 radical (unpaired) electrons. The van der Waals surface area contributed by atoms with Gasteiger partial charge in [-0.05, 0) is 31.9 Å². The molecule has 0 aliphatic rings. The second-order valence-corrected chi connectivity index (χ2v) is 3.67. The van der Waals surface area contributed by atoms with Crippen molar-refractivity contribution in [3.8, 4) is 0 Å². The van der Waals surface area contributed by atoms with Crippen molar-refractivity contribution in [2.75, 3.05) is 6.54 Å². The molecule has 0 fully saturated rings. The van der Waals surface area contributed by atoms with Gasteiger partial charge < -0.3 is 5.73 Å². The number of hydrogen-bond donors (Lipinski definition) is 1. The summed E-state index contributed by atoms with van der Waals surface area (Å²) in [5, 5.41) is 4.13. The molecule has 0 atom stereocenters. The van der Waals surface area contributed by atoms with Gasteiger partial charge in [0.15, 0.2) is 0 Å². The number of hydrogen-bond acceptors (Lipinski definition) is 3. The molecule has 4 heteroatoms. The highest BCUT2D eigenvalue weighted by atomic mass is 16.1. The highest BCUT2D eigenvalue weighted by molar-refractivity contribution is 5.80. The number of unbranched alkanes of at least 4 members (excludes halogenated alkanes) is 1. The van der Waals surface area contributed by atoms with Gasteiger partial charge in [0.1, 0.15) is 5.78 Å². The Labute approximate surface area is 90.5 Å². The van der Waals surface area contributed by atoms with Crippen molar-refractivity contribution in [1.82, 2.24) is 9.78 Å². The summed E-state index contributed by atoms with van der Waals surface area (Å²) >= 11 is 0. The summed E-state index contributed by atoms with van der Waals surface area (Å²) in [5.41, 5.74) is 6.37.